The molecule has 0 aromatic rings. The zero-order valence-electron chi connectivity index (χ0n) is 8.05. The van der Waals surface area contributed by atoms with E-state index in [2.05, 4.69) is 12.6 Å². The molecule has 4 heteroatoms. The second-order valence-electron chi connectivity index (χ2n) is 4.60. The molecule has 0 aromatic heterocycles. The first-order valence-electron chi connectivity index (χ1n) is 5.21. The Balaban J connectivity index is 1.82. The average Bonchev–Trinajstić information content (AvgIpc) is 2.67. The minimum atomic E-state index is -0.0721. The first kappa shape index (κ1) is 9.04. The van der Waals surface area contributed by atoms with Crippen LogP contribution in [0, 0.1) is 17.8 Å². The zero-order chi connectivity index (χ0) is 9.87. The van der Waals surface area contributed by atoms with Crippen molar-refractivity contribution in [3.05, 3.63) is 0 Å². The molecule has 1 aliphatic heterocycles. The molecule has 0 amide bonds. The Labute approximate surface area is 88.5 Å². The molecule has 3 aliphatic rings. The molecular weight excluding hydrogens is 200 g/mol. The summed E-state index contributed by atoms with van der Waals surface area (Å²) < 4.78 is 11.1. The van der Waals surface area contributed by atoms with Gasteiger partial charge in [0.05, 0.1) is 17.5 Å². The monoisotopic (exact) mass is 214 g/mol. The summed E-state index contributed by atoms with van der Waals surface area (Å²) in [5.74, 6) is 1.14. The summed E-state index contributed by atoms with van der Waals surface area (Å²) in [6.45, 7) is 1.91. The summed E-state index contributed by atoms with van der Waals surface area (Å²) in [6, 6.07) is 0. The Bertz CT molecular complexity index is 279. The van der Waals surface area contributed by atoms with Gasteiger partial charge in [-0.15, -0.1) is 12.6 Å². The fraction of sp³-hybridized carbons (Fsp3) is 0.900. The average molecular weight is 214 g/mol. The van der Waals surface area contributed by atoms with Crippen LogP contribution in [0.2, 0.25) is 0 Å². The number of thiol groups is 1. The van der Waals surface area contributed by atoms with E-state index in [1.807, 2.05) is 6.92 Å². The summed E-state index contributed by atoms with van der Waals surface area (Å²) in [5, 5.41) is 0. The van der Waals surface area contributed by atoms with Crippen molar-refractivity contribution in [2.75, 3.05) is 0 Å². The number of hydrogen-bond donors (Lipinski definition) is 1. The van der Waals surface area contributed by atoms with Crippen molar-refractivity contribution in [2.45, 2.75) is 37.4 Å². The summed E-state index contributed by atoms with van der Waals surface area (Å²) in [4.78, 5) is 11.4. The molecule has 2 aliphatic carbocycles. The van der Waals surface area contributed by atoms with Crippen molar-refractivity contribution in [2.24, 2.45) is 17.8 Å². The topological polar surface area (TPSA) is 35.5 Å². The van der Waals surface area contributed by atoms with Crippen LogP contribution in [0.4, 0.5) is 0 Å². The quantitative estimate of drug-likeness (QED) is 0.426. The molecule has 0 spiro atoms. The lowest BCUT2D eigenvalue weighted by atomic mass is 9.88. The second-order valence-corrected chi connectivity index (χ2v) is 5.33. The lowest BCUT2D eigenvalue weighted by Crippen LogP contribution is -2.35. The number of hydrogen-bond acceptors (Lipinski definition) is 4. The van der Waals surface area contributed by atoms with E-state index in [0.29, 0.717) is 11.8 Å². The van der Waals surface area contributed by atoms with E-state index in [1.165, 1.54) is 0 Å². The molecule has 6 atom stereocenters. The van der Waals surface area contributed by atoms with E-state index in [1.54, 1.807) is 0 Å². The van der Waals surface area contributed by atoms with Crippen molar-refractivity contribution in [3.8, 4) is 0 Å². The molecule has 0 aromatic carbocycles. The number of fused-ring (bicyclic) bond motifs is 1. The van der Waals surface area contributed by atoms with Gasteiger partial charge in [-0.05, 0) is 25.7 Å². The maximum atomic E-state index is 11.4. The zero-order valence-corrected chi connectivity index (χ0v) is 8.94. The van der Waals surface area contributed by atoms with Gasteiger partial charge in [-0.25, -0.2) is 0 Å². The minimum Gasteiger partial charge on any atom is -0.459 e. The molecule has 2 bridgehead atoms. The third-order valence-corrected chi connectivity index (χ3v) is 3.89. The van der Waals surface area contributed by atoms with Gasteiger partial charge in [-0.3, -0.25) is 4.79 Å². The molecule has 6 unspecified atom stereocenters. The van der Waals surface area contributed by atoms with Crippen molar-refractivity contribution in [1.82, 2.24) is 0 Å². The van der Waals surface area contributed by atoms with Crippen LogP contribution in [0.1, 0.15) is 19.8 Å². The molecule has 3 nitrogen and oxygen atoms in total. The van der Waals surface area contributed by atoms with Crippen molar-refractivity contribution in [3.63, 3.8) is 0 Å². The molecule has 1 heterocycles. The fourth-order valence-electron chi connectivity index (χ4n) is 3.32. The SMILES string of the molecule is CC(S)OC1C2CC3C(=O)OC1C3C2. The number of rotatable bonds is 2. The standard InChI is InChI=1S/C10H14O3S/c1-4(14)12-8-5-2-6-7(3-5)10(11)13-9(6)8/h4-9,14H,2-3H2,1H3. The Kier molecular flexibility index (Phi) is 1.86. The van der Waals surface area contributed by atoms with Gasteiger partial charge < -0.3 is 9.47 Å². The van der Waals surface area contributed by atoms with Crippen molar-refractivity contribution >= 4 is 18.6 Å². The molecule has 14 heavy (non-hydrogen) atoms. The first-order valence-corrected chi connectivity index (χ1v) is 5.72. The molecule has 3 fully saturated rings. The third-order valence-electron chi connectivity index (χ3n) is 3.77. The smallest absolute Gasteiger partial charge is 0.309 e. The Morgan fingerprint density at radius 2 is 2.36 bits per heavy atom. The normalized spacial score (nSPS) is 51.0. The maximum Gasteiger partial charge on any atom is 0.309 e. The van der Waals surface area contributed by atoms with E-state index in [9.17, 15) is 4.79 Å². The highest BCUT2D eigenvalue weighted by molar-refractivity contribution is 7.80. The van der Waals surface area contributed by atoms with Gasteiger partial charge in [0.25, 0.3) is 0 Å². The van der Waals surface area contributed by atoms with Crippen LogP contribution in [-0.4, -0.2) is 23.6 Å². The van der Waals surface area contributed by atoms with Crippen LogP contribution < -0.4 is 0 Å². The molecular formula is C10H14O3S. The molecule has 78 valence electrons. The van der Waals surface area contributed by atoms with Gasteiger partial charge in [-0.1, -0.05) is 0 Å². The number of carbonyl (C=O) groups is 1. The summed E-state index contributed by atoms with van der Waals surface area (Å²) >= 11 is 4.22. The minimum absolute atomic E-state index is 0.000386. The van der Waals surface area contributed by atoms with Gasteiger partial charge in [0, 0.05) is 5.92 Å². The highest BCUT2D eigenvalue weighted by atomic mass is 32.1. The third kappa shape index (κ3) is 1.07. The number of esters is 1. The second kappa shape index (κ2) is 2.89. The summed E-state index contributed by atoms with van der Waals surface area (Å²) in [5.41, 5.74) is -0.0721. The predicted octanol–water partition coefficient (Wildman–Crippen LogP) is 1.23. The summed E-state index contributed by atoms with van der Waals surface area (Å²) in [7, 11) is 0. The van der Waals surface area contributed by atoms with Gasteiger partial charge in [0.2, 0.25) is 0 Å². The van der Waals surface area contributed by atoms with E-state index in [-0.39, 0.29) is 29.5 Å². The van der Waals surface area contributed by atoms with Crippen LogP contribution in [-0.2, 0) is 14.3 Å². The number of ether oxygens (including phenoxy) is 2. The predicted molar refractivity (Wildman–Crippen MR) is 52.9 cm³/mol. The van der Waals surface area contributed by atoms with E-state index in [4.69, 9.17) is 9.47 Å². The van der Waals surface area contributed by atoms with E-state index < -0.39 is 0 Å². The Hall–Kier alpha value is -0.220. The molecule has 2 saturated carbocycles. The van der Waals surface area contributed by atoms with Crippen molar-refractivity contribution < 1.29 is 14.3 Å². The molecule has 1 saturated heterocycles. The first-order chi connectivity index (χ1) is 6.66. The molecule has 0 N–H and O–H groups in total. The maximum absolute atomic E-state index is 11.4. The highest BCUT2D eigenvalue weighted by Gasteiger charge is 2.62. The fourth-order valence-corrected chi connectivity index (χ4v) is 3.46. The lowest BCUT2D eigenvalue weighted by molar-refractivity contribution is -0.147. The van der Waals surface area contributed by atoms with Gasteiger partial charge in [-0.2, -0.15) is 0 Å². The van der Waals surface area contributed by atoms with Gasteiger partial charge in [0.15, 0.2) is 0 Å². The largest absolute Gasteiger partial charge is 0.459 e. The molecule has 3 rings (SSSR count). The van der Waals surface area contributed by atoms with Crippen LogP contribution in [0.3, 0.4) is 0 Å². The van der Waals surface area contributed by atoms with Crippen LogP contribution in [0.25, 0.3) is 0 Å². The highest BCUT2D eigenvalue weighted by Crippen LogP contribution is 2.55. The van der Waals surface area contributed by atoms with Gasteiger partial charge >= 0.3 is 5.97 Å². The van der Waals surface area contributed by atoms with E-state index >= 15 is 0 Å². The van der Waals surface area contributed by atoms with Crippen LogP contribution in [0.15, 0.2) is 0 Å². The molecule has 0 radical (unpaired) electrons. The van der Waals surface area contributed by atoms with Gasteiger partial charge in [0.1, 0.15) is 6.10 Å². The lowest BCUT2D eigenvalue weighted by Gasteiger charge is -2.26. The Morgan fingerprint density at radius 1 is 1.57 bits per heavy atom. The van der Waals surface area contributed by atoms with Crippen LogP contribution >= 0.6 is 12.6 Å². The summed E-state index contributed by atoms with van der Waals surface area (Å²) in [6.07, 6.45) is 2.20. The number of carbonyl (C=O) groups excluding carboxylic acids is 1. The van der Waals surface area contributed by atoms with E-state index in [0.717, 1.165) is 12.8 Å². The van der Waals surface area contributed by atoms with Crippen LogP contribution in [0.5, 0.6) is 0 Å². The Morgan fingerprint density at radius 3 is 3.07 bits per heavy atom. The van der Waals surface area contributed by atoms with Crippen molar-refractivity contribution in [1.29, 1.82) is 0 Å².